The van der Waals surface area contributed by atoms with E-state index in [2.05, 4.69) is 4.98 Å². The molecule has 0 aromatic carbocycles. The number of fused-ring (bicyclic) bond motifs is 1. The molecule has 7 nitrogen and oxygen atoms in total. The molecule has 0 radical (unpaired) electrons. The van der Waals surface area contributed by atoms with E-state index in [1.807, 2.05) is 0 Å². The summed E-state index contributed by atoms with van der Waals surface area (Å²) >= 11 is 5.52. The van der Waals surface area contributed by atoms with Gasteiger partial charge < -0.3 is 9.67 Å². The number of imidazole rings is 1. The zero-order chi connectivity index (χ0) is 15.6. The van der Waals surface area contributed by atoms with Crippen molar-refractivity contribution in [2.75, 3.05) is 5.88 Å². The minimum Gasteiger partial charge on any atom is -0.392 e. The van der Waals surface area contributed by atoms with Crippen molar-refractivity contribution in [3.63, 3.8) is 0 Å². The van der Waals surface area contributed by atoms with Gasteiger partial charge in [-0.15, -0.1) is 11.6 Å². The van der Waals surface area contributed by atoms with E-state index >= 15 is 0 Å². The normalized spacial score (nSPS) is 13.0. The van der Waals surface area contributed by atoms with Crippen LogP contribution in [0.25, 0.3) is 11.2 Å². The minimum atomic E-state index is -0.536. The van der Waals surface area contributed by atoms with Gasteiger partial charge in [-0.3, -0.25) is 13.9 Å². The van der Waals surface area contributed by atoms with Gasteiger partial charge in [-0.25, -0.2) is 9.78 Å². The number of hydrogen-bond acceptors (Lipinski definition) is 4. The average molecular weight is 315 g/mol. The molecule has 2 aromatic rings. The first-order valence-electron chi connectivity index (χ1n) is 6.82. The number of nitrogens with zero attached hydrogens (tertiary/aromatic N) is 4. The van der Waals surface area contributed by atoms with Gasteiger partial charge in [-0.2, -0.15) is 0 Å². The van der Waals surface area contributed by atoms with Gasteiger partial charge in [0, 0.05) is 26.5 Å². The van der Waals surface area contributed by atoms with Crippen molar-refractivity contribution >= 4 is 22.8 Å². The second-order valence-electron chi connectivity index (χ2n) is 5.13. The van der Waals surface area contributed by atoms with E-state index in [4.69, 9.17) is 11.6 Å². The lowest BCUT2D eigenvalue weighted by atomic mass is 10.2. The Morgan fingerprint density at radius 1 is 1.33 bits per heavy atom. The number of aryl methyl sites for hydroxylation is 2. The third-order valence-corrected chi connectivity index (χ3v) is 3.90. The van der Waals surface area contributed by atoms with Gasteiger partial charge in [0.2, 0.25) is 0 Å². The summed E-state index contributed by atoms with van der Waals surface area (Å²) in [5, 5.41) is 9.38. The SMILES string of the molecule is Cn1cnc2c1c(=O)n(CCCCC(O)CCl)c(=O)n2C. The highest BCUT2D eigenvalue weighted by atomic mass is 35.5. The molecule has 0 aliphatic rings. The predicted octanol–water partition coefficient (Wildman–Crippen LogP) is 0.204. The smallest absolute Gasteiger partial charge is 0.332 e. The maximum atomic E-state index is 12.4. The molecular weight excluding hydrogens is 296 g/mol. The Morgan fingerprint density at radius 3 is 2.71 bits per heavy atom. The molecule has 8 heteroatoms. The summed E-state index contributed by atoms with van der Waals surface area (Å²) in [6, 6.07) is 0. The summed E-state index contributed by atoms with van der Waals surface area (Å²) in [4.78, 5) is 28.7. The molecule has 0 fully saturated rings. The highest BCUT2D eigenvalue weighted by Gasteiger charge is 2.14. The van der Waals surface area contributed by atoms with Crippen molar-refractivity contribution in [3.8, 4) is 0 Å². The number of aromatic nitrogens is 4. The van der Waals surface area contributed by atoms with Crippen LogP contribution in [0, 0.1) is 0 Å². The van der Waals surface area contributed by atoms with Crippen molar-refractivity contribution < 1.29 is 5.11 Å². The van der Waals surface area contributed by atoms with Crippen molar-refractivity contribution in [1.82, 2.24) is 18.7 Å². The summed E-state index contributed by atoms with van der Waals surface area (Å²) in [6.07, 6.45) is 2.88. The molecule has 1 unspecified atom stereocenters. The van der Waals surface area contributed by atoms with Crippen molar-refractivity contribution in [2.24, 2.45) is 14.1 Å². The van der Waals surface area contributed by atoms with Crippen LogP contribution < -0.4 is 11.2 Å². The zero-order valence-electron chi connectivity index (χ0n) is 12.1. The van der Waals surface area contributed by atoms with Crippen LogP contribution in [0.1, 0.15) is 19.3 Å². The standard InChI is InChI=1S/C13H19ClN4O3/c1-16-8-15-11-10(16)12(20)18(13(21)17(11)2)6-4-3-5-9(19)7-14/h8-9,19H,3-7H2,1-2H3. The molecule has 1 N–H and O–H groups in total. The van der Waals surface area contributed by atoms with E-state index in [1.54, 1.807) is 18.7 Å². The average Bonchev–Trinajstić information content (AvgIpc) is 2.86. The Hall–Kier alpha value is -1.60. The number of hydrogen-bond donors (Lipinski definition) is 1. The Morgan fingerprint density at radius 2 is 2.05 bits per heavy atom. The van der Waals surface area contributed by atoms with Crippen molar-refractivity contribution in [3.05, 3.63) is 27.2 Å². The second kappa shape index (κ2) is 6.44. The van der Waals surface area contributed by atoms with E-state index in [0.717, 1.165) is 0 Å². The molecule has 0 amide bonds. The quantitative estimate of drug-likeness (QED) is 0.610. The van der Waals surface area contributed by atoms with E-state index in [-0.39, 0.29) is 17.1 Å². The topological polar surface area (TPSA) is 82.1 Å². The maximum absolute atomic E-state index is 12.4. The molecule has 21 heavy (non-hydrogen) atoms. The molecule has 0 bridgehead atoms. The second-order valence-corrected chi connectivity index (χ2v) is 5.44. The first-order valence-corrected chi connectivity index (χ1v) is 7.35. The fourth-order valence-corrected chi connectivity index (χ4v) is 2.47. The molecule has 0 aliphatic carbocycles. The lowest BCUT2D eigenvalue weighted by Gasteiger charge is -2.09. The van der Waals surface area contributed by atoms with E-state index in [9.17, 15) is 14.7 Å². The van der Waals surface area contributed by atoms with E-state index in [1.165, 1.54) is 15.5 Å². The number of alkyl halides is 1. The summed E-state index contributed by atoms with van der Waals surface area (Å²) in [6.45, 7) is 0.321. The van der Waals surface area contributed by atoms with Gasteiger partial charge in [0.05, 0.1) is 12.4 Å². The molecule has 0 saturated heterocycles. The number of unbranched alkanes of at least 4 members (excludes halogenated alkanes) is 1. The van der Waals surface area contributed by atoms with E-state index < -0.39 is 6.10 Å². The maximum Gasteiger partial charge on any atom is 0.332 e. The zero-order valence-corrected chi connectivity index (χ0v) is 12.9. The monoisotopic (exact) mass is 314 g/mol. The van der Waals surface area contributed by atoms with Crippen LogP contribution in [0.4, 0.5) is 0 Å². The Labute approximate surface area is 126 Å². The molecule has 0 saturated carbocycles. The van der Waals surface area contributed by atoms with Gasteiger partial charge in [-0.1, -0.05) is 0 Å². The van der Waals surface area contributed by atoms with Gasteiger partial charge in [0.25, 0.3) is 5.56 Å². The van der Waals surface area contributed by atoms with Crippen LogP contribution in [0.2, 0.25) is 0 Å². The molecule has 0 aliphatic heterocycles. The van der Waals surface area contributed by atoms with Gasteiger partial charge in [0.1, 0.15) is 0 Å². The highest BCUT2D eigenvalue weighted by Crippen LogP contribution is 2.05. The number of halogens is 1. The number of aliphatic hydroxyl groups excluding tert-OH is 1. The van der Waals surface area contributed by atoms with Gasteiger partial charge >= 0.3 is 5.69 Å². The van der Waals surface area contributed by atoms with Crippen LogP contribution in [-0.4, -0.2) is 35.8 Å². The molecule has 2 rings (SSSR count). The first kappa shape index (κ1) is 15.8. The third kappa shape index (κ3) is 3.03. The van der Waals surface area contributed by atoms with Crippen LogP contribution in [0.3, 0.4) is 0 Å². The number of rotatable bonds is 6. The van der Waals surface area contributed by atoms with Crippen LogP contribution >= 0.6 is 11.6 Å². The first-order chi connectivity index (χ1) is 9.97. The fourth-order valence-electron chi connectivity index (χ4n) is 2.32. The van der Waals surface area contributed by atoms with Crippen LogP contribution in [0.15, 0.2) is 15.9 Å². The van der Waals surface area contributed by atoms with Gasteiger partial charge in [0.15, 0.2) is 11.2 Å². The van der Waals surface area contributed by atoms with Crippen LogP contribution in [-0.2, 0) is 20.6 Å². The lowest BCUT2D eigenvalue weighted by Crippen LogP contribution is -2.39. The lowest BCUT2D eigenvalue weighted by molar-refractivity contribution is 0.183. The minimum absolute atomic E-state index is 0.197. The summed E-state index contributed by atoms with van der Waals surface area (Å²) in [5.41, 5.74) is 0.106. The Balaban J connectivity index is 2.26. The molecule has 0 spiro atoms. The van der Waals surface area contributed by atoms with Crippen molar-refractivity contribution in [1.29, 1.82) is 0 Å². The Kier molecular flexibility index (Phi) is 4.84. The Bertz CT molecular complexity index is 746. The summed E-state index contributed by atoms with van der Waals surface area (Å²) in [7, 11) is 3.33. The summed E-state index contributed by atoms with van der Waals surface area (Å²) < 4.78 is 4.21. The third-order valence-electron chi connectivity index (χ3n) is 3.55. The summed E-state index contributed by atoms with van der Waals surface area (Å²) in [5.74, 6) is 0.197. The highest BCUT2D eigenvalue weighted by molar-refractivity contribution is 6.18. The van der Waals surface area contributed by atoms with Gasteiger partial charge in [-0.05, 0) is 19.3 Å². The largest absolute Gasteiger partial charge is 0.392 e. The van der Waals surface area contributed by atoms with E-state index in [0.29, 0.717) is 37.0 Å². The van der Waals surface area contributed by atoms with Crippen molar-refractivity contribution in [2.45, 2.75) is 31.9 Å². The molecule has 2 aromatic heterocycles. The molecule has 2 heterocycles. The molecular formula is C13H19ClN4O3. The van der Waals surface area contributed by atoms with Crippen LogP contribution in [0.5, 0.6) is 0 Å². The fraction of sp³-hybridized carbons (Fsp3) is 0.615. The molecule has 1 atom stereocenters. The number of aliphatic hydroxyl groups is 1. The molecule has 116 valence electrons. The predicted molar refractivity (Wildman–Crippen MR) is 80.8 cm³/mol.